The van der Waals surface area contributed by atoms with E-state index >= 15 is 0 Å². The molecule has 1 aromatic heterocycles. The lowest BCUT2D eigenvalue weighted by molar-refractivity contribution is -0.117. The number of nitrogens with zero attached hydrogens (tertiary/aromatic N) is 2. The predicted octanol–water partition coefficient (Wildman–Crippen LogP) is 5.76. The molecule has 0 N–H and O–H groups in total. The van der Waals surface area contributed by atoms with Crippen LogP contribution in [0, 0.1) is 25.7 Å². The summed E-state index contributed by atoms with van der Waals surface area (Å²) in [5.41, 5.74) is 4.80. The van der Waals surface area contributed by atoms with Crippen molar-refractivity contribution in [2.45, 2.75) is 60.4 Å². The normalized spacial score (nSPS) is 21.7. The fraction of sp³-hybridized carbons (Fsp3) is 0.478. The molecular formula is C23H34N2O. The van der Waals surface area contributed by atoms with Gasteiger partial charge in [-0.15, -0.1) is 0 Å². The Morgan fingerprint density at radius 1 is 1.15 bits per heavy atom. The van der Waals surface area contributed by atoms with Crippen LogP contribution >= 0.6 is 0 Å². The topological polar surface area (TPSA) is 33.2 Å². The molecule has 3 atom stereocenters. The Morgan fingerprint density at radius 2 is 1.81 bits per heavy atom. The van der Waals surface area contributed by atoms with E-state index in [1.54, 1.807) is 6.92 Å². The average molecular weight is 355 g/mol. The van der Waals surface area contributed by atoms with Gasteiger partial charge in [-0.1, -0.05) is 39.0 Å². The van der Waals surface area contributed by atoms with Crippen LogP contribution in [0.4, 0.5) is 5.69 Å². The number of carbonyl (C=O) groups is 1. The molecule has 3 rings (SSSR count). The number of aromatic nitrogens is 1. The number of aryl methyl sites for hydroxylation is 2. The molecule has 0 saturated heterocycles. The van der Waals surface area contributed by atoms with Crippen LogP contribution in [0.3, 0.4) is 0 Å². The zero-order chi connectivity index (χ0) is 19.4. The minimum absolute atomic E-state index is 0. The number of amides is 1. The largest absolute Gasteiger partial charge is 0.309 e. The molecule has 3 nitrogen and oxygen atoms in total. The first-order valence-corrected chi connectivity index (χ1v) is 9.52. The van der Waals surface area contributed by atoms with Gasteiger partial charge in [-0.3, -0.25) is 9.78 Å². The molecule has 0 spiro atoms. The van der Waals surface area contributed by atoms with E-state index in [9.17, 15) is 4.79 Å². The van der Waals surface area contributed by atoms with Crippen molar-refractivity contribution >= 4 is 11.6 Å². The molecule has 0 aliphatic carbocycles. The number of pyridine rings is 1. The molecule has 0 saturated carbocycles. The van der Waals surface area contributed by atoms with Gasteiger partial charge in [0, 0.05) is 32.0 Å². The third-order valence-electron chi connectivity index (χ3n) is 5.40. The highest BCUT2D eigenvalue weighted by atomic mass is 16.2. The minimum Gasteiger partial charge on any atom is -0.309 e. The summed E-state index contributed by atoms with van der Waals surface area (Å²) < 4.78 is 0. The Bertz CT molecular complexity index is 742. The summed E-state index contributed by atoms with van der Waals surface area (Å²) in [4.78, 5) is 17.9. The summed E-state index contributed by atoms with van der Waals surface area (Å²) in [5.74, 6) is 1.76. The fourth-order valence-corrected chi connectivity index (χ4v) is 4.14. The van der Waals surface area contributed by atoms with E-state index in [-0.39, 0.29) is 13.4 Å². The first kappa shape index (κ1) is 20.2. The number of para-hydroxylation sites is 1. The summed E-state index contributed by atoms with van der Waals surface area (Å²) in [6, 6.07) is 12.7. The lowest BCUT2D eigenvalue weighted by atomic mass is 9.72. The first-order chi connectivity index (χ1) is 12.2. The zero-order valence-corrected chi connectivity index (χ0v) is 17.2. The van der Waals surface area contributed by atoms with Crippen molar-refractivity contribution in [3.63, 3.8) is 0 Å². The molecule has 1 aliphatic rings. The van der Waals surface area contributed by atoms with Crippen molar-refractivity contribution in [1.82, 2.24) is 4.98 Å². The third kappa shape index (κ3) is 4.32. The number of anilines is 1. The Morgan fingerprint density at radius 3 is 2.31 bits per heavy atom. The SMILES string of the molecule is CC(=O)N1c2ccccc2[C@H](C(C)C)C(C)C1C.Cc1ccnc(C)c1.[HH]. The number of hydrogen-bond donors (Lipinski definition) is 0. The minimum atomic E-state index is 0. The van der Waals surface area contributed by atoms with Gasteiger partial charge in [0.15, 0.2) is 0 Å². The van der Waals surface area contributed by atoms with Crippen LogP contribution in [0.1, 0.15) is 58.8 Å². The van der Waals surface area contributed by atoms with Gasteiger partial charge >= 0.3 is 0 Å². The number of hydrogen-bond acceptors (Lipinski definition) is 2. The van der Waals surface area contributed by atoms with Crippen LogP contribution in [0.2, 0.25) is 0 Å². The van der Waals surface area contributed by atoms with Gasteiger partial charge in [-0.05, 0) is 67.9 Å². The van der Waals surface area contributed by atoms with Crippen molar-refractivity contribution in [3.8, 4) is 0 Å². The standard InChI is InChI=1S/C16H23NO.C7H9N.H2/c1-10(2)16-11(3)12(4)17(13(5)18)15-9-7-6-8-14(15)16;1-6-3-4-8-7(2)5-6;/h6-12,16H,1-5H3;3-5H,1-2H3;1H/t11?,12?,16-;;/m1../s1. The Kier molecular flexibility index (Phi) is 6.57. The van der Waals surface area contributed by atoms with Gasteiger partial charge in [0.25, 0.3) is 0 Å². The average Bonchev–Trinajstić information content (AvgIpc) is 2.55. The molecule has 1 amide bonds. The Labute approximate surface area is 159 Å². The Hall–Kier alpha value is -2.16. The highest BCUT2D eigenvalue weighted by Crippen LogP contribution is 2.45. The molecule has 2 heterocycles. The first-order valence-electron chi connectivity index (χ1n) is 9.52. The molecule has 2 unspecified atom stereocenters. The highest BCUT2D eigenvalue weighted by Gasteiger charge is 2.38. The molecule has 0 fully saturated rings. The van der Waals surface area contributed by atoms with Crippen molar-refractivity contribution in [1.29, 1.82) is 0 Å². The van der Waals surface area contributed by atoms with Crippen molar-refractivity contribution in [3.05, 3.63) is 59.4 Å². The summed E-state index contributed by atoms with van der Waals surface area (Å²) in [6.07, 6.45) is 1.82. The van der Waals surface area contributed by atoms with E-state index in [4.69, 9.17) is 0 Å². The van der Waals surface area contributed by atoms with Gasteiger partial charge in [0.2, 0.25) is 5.91 Å². The van der Waals surface area contributed by atoms with Crippen molar-refractivity contribution in [2.75, 3.05) is 4.90 Å². The van der Waals surface area contributed by atoms with Gasteiger partial charge in [0.05, 0.1) is 0 Å². The number of rotatable bonds is 1. The number of carbonyl (C=O) groups excluding carboxylic acids is 1. The van der Waals surface area contributed by atoms with E-state index in [0.29, 0.717) is 17.8 Å². The highest BCUT2D eigenvalue weighted by molar-refractivity contribution is 5.93. The predicted molar refractivity (Wildman–Crippen MR) is 112 cm³/mol. The molecule has 142 valence electrons. The van der Waals surface area contributed by atoms with Crippen LogP contribution in [-0.4, -0.2) is 16.9 Å². The van der Waals surface area contributed by atoms with Gasteiger partial charge < -0.3 is 4.90 Å². The monoisotopic (exact) mass is 354 g/mol. The number of fused-ring (bicyclic) bond motifs is 1. The quantitative estimate of drug-likeness (QED) is 0.652. The van der Waals surface area contributed by atoms with Crippen molar-refractivity contribution < 1.29 is 6.22 Å². The molecule has 2 aromatic rings. The Balaban J connectivity index is 0.000000342. The number of benzene rings is 1. The molecule has 0 radical (unpaired) electrons. The van der Waals surface area contributed by atoms with E-state index in [1.807, 2.05) is 30.2 Å². The fourth-order valence-electron chi connectivity index (χ4n) is 4.14. The summed E-state index contributed by atoms with van der Waals surface area (Å²) in [6.45, 7) is 14.7. The van der Waals surface area contributed by atoms with Crippen LogP contribution in [0.5, 0.6) is 0 Å². The van der Waals surface area contributed by atoms with Gasteiger partial charge in [-0.2, -0.15) is 0 Å². The summed E-state index contributed by atoms with van der Waals surface area (Å²) in [5, 5.41) is 0. The second kappa shape index (κ2) is 8.48. The zero-order valence-electron chi connectivity index (χ0n) is 17.2. The molecular weight excluding hydrogens is 320 g/mol. The summed E-state index contributed by atoms with van der Waals surface area (Å²) >= 11 is 0. The third-order valence-corrected chi connectivity index (χ3v) is 5.40. The van der Waals surface area contributed by atoms with Crippen LogP contribution in [-0.2, 0) is 4.79 Å². The van der Waals surface area contributed by atoms with Gasteiger partial charge in [-0.25, -0.2) is 0 Å². The van der Waals surface area contributed by atoms with E-state index in [0.717, 1.165) is 11.4 Å². The van der Waals surface area contributed by atoms with Crippen LogP contribution in [0.25, 0.3) is 0 Å². The van der Waals surface area contributed by atoms with E-state index in [2.05, 4.69) is 63.9 Å². The maximum Gasteiger partial charge on any atom is 0.224 e. The second-order valence-electron chi connectivity index (χ2n) is 7.79. The molecule has 26 heavy (non-hydrogen) atoms. The lowest BCUT2D eigenvalue weighted by Crippen LogP contribution is -2.47. The molecule has 3 heteroatoms. The van der Waals surface area contributed by atoms with Crippen molar-refractivity contribution in [2.24, 2.45) is 11.8 Å². The molecule has 0 bridgehead atoms. The van der Waals surface area contributed by atoms with E-state index < -0.39 is 0 Å². The molecule has 1 aliphatic heterocycles. The lowest BCUT2D eigenvalue weighted by Gasteiger charge is -2.45. The van der Waals surface area contributed by atoms with Crippen LogP contribution < -0.4 is 4.90 Å². The maximum atomic E-state index is 11.9. The summed E-state index contributed by atoms with van der Waals surface area (Å²) in [7, 11) is 0. The molecule has 1 aromatic carbocycles. The van der Waals surface area contributed by atoms with E-state index in [1.165, 1.54) is 11.1 Å². The second-order valence-corrected chi connectivity index (χ2v) is 7.79. The van der Waals surface area contributed by atoms with Crippen LogP contribution in [0.15, 0.2) is 42.6 Å². The maximum absolute atomic E-state index is 11.9. The smallest absolute Gasteiger partial charge is 0.224 e. The van der Waals surface area contributed by atoms with Gasteiger partial charge in [0.1, 0.15) is 0 Å².